The molecule has 0 aliphatic rings. The van der Waals surface area contributed by atoms with Crippen molar-refractivity contribution in [1.29, 1.82) is 0 Å². The van der Waals surface area contributed by atoms with Gasteiger partial charge in [0.15, 0.2) is 0 Å². The third-order valence-corrected chi connectivity index (χ3v) is 3.92. The molecule has 1 aromatic heterocycles. The van der Waals surface area contributed by atoms with Crippen LogP contribution in [0.4, 0.5) is 5.69 Å². The Morgan fingerprint density at radius 3 is 2.68 bits per heavy atom. The number of ether oxygens (including phenoxy) is 1. The Hall–Kier alpha value is -2.29. The number of nitro benzene ring substituents is 1. The number of nitro groups is 1. The topological polar surface area (TPSA) is 85.5 Å². The highest BCUT2D eigenvalue weighted by Crippen LogP contribution is 2.24. The number of likely N-dealkylation sites (N-methyl/N-ethyl adjacent to an activating group) is 1. The molecule has 0 saturated carbocycles. The average Bonchev–Trinajstić information content (AvgIpc) is 2.97. The Morgan fingerprint density at radius 2 is 2.04 bits per heavy atom. The molecular formula is C17H25N5O3. The Bertz CT molecular complexity index is 684. The first-order valence-corrected chi connectivity index (χ1v) is 8.17. The molecule has 0 radical (unpaired) electrons. The van der Waals surface area contributed by atoms with E-state index in [0.29, 0.717) is 6.54 Å². The van der Waals surface area contributed by atoms with Crippen LogP contribution in [0.15, 0.2) is 30.5 Å². The quantitative estimate of drug-likeness (QED) is 0.400. The molecule has 0 fully saturated rings. The first-order chi connectivity index (χ1) is 12.0. The third kappa shape index (κ3) is 5.63. The number of rotatable bonds is 10. The summed E-state index contributed by atoms with van der Waals surface area (Å²) in [6.07, 6.45) is 1.97. The van der Waals surface area contributed by atoms with Gasteiger partial charge in [0.25, 0.3) is 5.69 Å². The van der Waals surface area contributed by atoms with Crippen LogP contribution in [0, 0.1) is 10.1 Å². The monoisotopic (exact) mass is 347 g/mol. The lowest BCUT2D eigenvalue weighted by molar-refractivity contribution is -0.384. The first-order valence-electron chi connectivity index (χ1n) is 8.17. The molecule has 0 saturated heterocycles. The second-order valence-electron chi connectivity index (χ2n) is 5.95. The van der Waals surface area contributed by atoms with Crippen LogP contribution in [-0.2, 0) is 18.3 Å². The van der Waals surface area contributed by atoms with Gasteiger partial charge in [-0.15, -0.1) is 0 Å². The highest BCUT2D eigenvalue weighted by molar-refractivity contribution is 5.64. The maximum atomic E-state index is 10.8. The van der Waals surface area contributed by atoms with Crippen LogP contribution in [0.5, 0.6) is 0 Å². The molecule has 25 heavy (non-hydrogen) atoms. The zero-order valence-corrected chi connectivity index (χ0v) is 14.9. The van der Waals surface area contributed by atoms with Crippen molar-refractivity contribution in [3.8, 4) is 11.3 Å². The van der Waals surface area contributed by atoms with E-state index >= 15 is 0 Å². The van der Waals surface area contributed by atoms with Crippen LogP contribution >= 0.6 is 0 Å². The van der Waals surface area contributed by atoms with Crippen molar-refractivity contribution in [1.82, 2.24) is 20.0 Å². The Morgan fingerprint density at radius 1 is 1.32 bits per heavy atom. The van der Waals surface area contributed by atoms with Crippen LogP contribution in [-0.4, -0.2) is 60.0 Å². The second-order valence-corrected chi connectivity index (χ2v) is 5.95. The number of methoxy groups -OCH3 is 1. The molecule has 0 atom stereocenters. The van der Waals surface area contributed by atoms with E-state index in [9.17, 15) is 10.1 Å². The fourth-order valence-corrected chi connectivity index (χ4v) is 2.50. The van der Waals surface area contributed by atoms with Crippen molar-refractivity contribution in [2.24, 2.45) is 7.05 Å². The number of non-ortho nitro benzene ring substituents is 1. The fraction of sp³-hybridized carbons (Fsp3) is 0.471. The molecule has 8 nitrogen and oxygen atoms in total. The molecule has 8 heteroatoms. The summed E-state index contributed by atoms with van der Waals surface area (Å²) in [4.78, 5) is 12.6. The number of nitrogens with one attached hydrogen (secondary N) is 1. The predicted octanol–water partition coefficient (Wildman–Crippen LogP) is 1.66. The van der Waals surface area contributed by atoms with Crippen molar-refractivity contribution in [2.75, 3.05) is 40.4 Å². The normalized spacial score (nSPS) is 11.2. The van der Waals surface area contributed by atoms with Crippen LogP contribution in [0.25, 0.3) is 11.3 Å². The summed E-state index contributed by atoms with van der Waals surface area (Å²) < 4.78 is 6.83. The number of aromatic nitrogens is 2. The van der Waals surface area contributed by atoms with E-state index in [0.717, 1.165) is 43.1 Å². The molecule has 0 aliphatic heterocycles. The predicted molar refractivity (Wildman–Crippen MR) is 96.4 cm³/mol. The molecule has 2 rings (SSSR count). The van der Waals surface area contributed by atoms with Gasteiger partial charge in [0.05, 0.1) is 17.2 Å². The summed E-state index contributed by atoms with van der Waals surface area (Å²) in [5, 5.41) is 18.7. The van der Waals surface area contributed by atoms with Crippen LogP contribution < -0.4 is 5.32 Å². The van der Waals surface area contributed by atoms with Crippen molar-refractivity contribution in [3.63, 3.8) is 0 Å². The molecule has 0 amide bonds. The summed E-state index contributed by atoms with van der Waals surface area (Å²) in [5.74, 6) is 0. The minimum absolute atomic E-state index is 0.0819. The molecule has 1 N–H and O–H groups in total. The van der Waals surface area contributed by atoms with Gasteiger partial charge >= 0.3 is 0 Å². The van der Waals surface area contributed by atoms with Crippen molar-refractivity contribution in [2.45, 2.75) is 6.54 Å². The Labute approximate surface area is 147 Å². The number of hydrogen-bond donors (Lipinski definition) is 1. The minimum Gasteiger partial charge on any atom is -0.383 e. The van der Waals surface area contributed by atoms with Gasteiger partial charge in [-0.1, -0.05) is 0 Å². The summed E-state index contributed by atoms with van der Waals surface area (Å²) in [6.45, 7) is 4.10. The van der Waals surface area contributed by atoms with Crippen molar-refractivity contribution in [3.05, 3.63) is 46.1 Å². The molecule has 0 bridgehead atoms. The van der Waals surface area contributed by atoms with E-state index in [1.54, 1.807) is 23.9 Å². The van der Waals surface area contributed by atoms with E-state index in [1.807, 2.05) is 13.2 Å². The van der Waals surface area contributed by atoms with Gasteiger partial charge < -0.3 is 15.0 Å². The molecule has 1 aromatic carbocycles. The maximum absolute atomic E-state index is 10.8. The number of hydrogen-bond acceptors (Lipinski definition) is 6. The first kappa shape index (κ1) is 19.0. The Kier molecular flexibility index (Phi) is 7.05. The zero-order chi connectivity index (χ0) is 18.2. The summed E-state index contributed by atoms with van der Waals surface area (Å²) in [7, 11) is 5.64. The molecule has 0 unspecified atom stereocenters. The van der Waals surface area contributed by atoms with E-state index in [2.05, 4.69) is 22.4 Å². The maximum Gasteiger partial charge on any atom is 0.269 e. The largest absolute Gasteiger partial charge is 0.383 e. The smallest absolute Gasteiger partial charge is 0.269 e. The Balaban J connectivity index is 1.95. The van der Waals surface area contributed by atoms with E-state index in [-0.39, 0.29) is 5.69 Å². The van der Waals surface area contributed by atoms with Crippen molar-refractivity contribution >= 4 is 5.69 Å². The lowest BCUT2D eigenvalue weighted by Gasteiger charge is -2.16. The zero-order valence-electron chi connectivity index (χ0n) is 14.9. The number of aryl methyl sites for hydroxylation is 1. The van der Waals surface area contributed by atoms with Gasteiger partial charge in [0.2, 0.25) is 0 Å². The van der Waals surface area contributed by atoms with Gasteiger partial charge in [-0.05, 0) is 19.2 Å². The van der Waals surface area contributed by atoms with Crippen molar-refractivity contribution < 1.29 is 9.66 Å². The fourth-order valence-electron chi connectivity index (χ4n) is 2.50. The number of benzene rings is 1. The lowest BCUT2D eigenvalue weighted by atomic mass is 10.1. The van der Waals surface area contributed by atoms with E-state index < -0.39 is 4.92 Å². The lowest BCUT2D eigenvalue weighted by Crippen LogP contribution is -2.31. The average molecular weight is 347 g/mol. The minimum atomic E-state index is -0.398. The SMILES string of the molecule is COCCN(C)CCNCc1cn(C)nc1-c1ccc([N+](=O)[O-])cc1. The van der Waals surface area contributed by atoms with Gasteiger partial charge in [0.1, 0.15) is 0 Å². The van der Waals surface area contributed by atoms with Gasteiger partial charge in [-0.3, -0.25) is 14.8 Å². The van der Waals surface area contributed by atoms with Crippen LogP contribution in [0.2, 0.25) is 0 Å². The van der Waals surface area contributed by atoms with E-state index in [4.69, 9.17) is 4.74 Å². The molecule has 136 valence electrons. The summed E-state index contributed by atoms with van der Waals surface area (Å²) in [5.41, 5.74) is 2.87. The van der Waals surface area contributed by atoms with Gasteiger partial charge in [-0.2, -0.15) is 5.10 Å². The highest BCUT2D eigenvalue weighted by atomic mass is 16.6. The standard InChI is InChI=1S/C17H25N5O3/c1-20(10-11-25-3)9-8-18-12-15-13-21(2)19-17(15)14-4-6-16(7-5-14)22(23)24/h4-7,13,18H,8-12H2,1-3H3. The molecule has 0 spiro atoms. The molecule has 2 aromatic rings. The molecular weight excluding hydrogens is 322 g/mol. The second kappa shape index (κ2) is 9.26. The summed E-state index contributed by atoms with van der Waals surface area (Å²) in [6, 6.07) is 6.49. The van der Waals surface area contributed by atoms with Crippen LogP contribution in [0.1, 0.15) is 5.56 Å². The highest BCUT2D eigenvalue weighted by Gasteiger charge is 2.12. The summed E-state index contributed by atoms with van der Waals surface area (Å²) >= 11 is 0. The van der Waals surface area contributed by atoms with Crippen LogP contribution in [0.3, 0.4) is 0 Å². The third-order valence-electron chi connectivity index (χ3n) is 3.92. The van der Waals surface area contributed by atoms with Gasteiger partial charge in [0, 0.05) is 69.8 Å². The number of nitrogens with zero attached hydrogens (tertiary/aromatic N) is 4. The molecule has 0 aliphatic carbocycles. The van der Waals surface area contributed by atoms with Gasteiger partial charge in [-0.25, -0.2) is 0 Å². The van der Waals surface area contributed by atoms with E-state index in [1.165, 1.54) is 12.1 Å². The molecule has 1 heterocycles.